The van der Waals surface area contributed by atoms with Gasteiger partial charge in [-0.3, -0.25) is 14.5 Å². The molecule has 1 N–H and O–H groups in total. The van der Waals surface area contributed by atoms with Crippen LogP contribution in [0.1, 0.15) is 34.1 Å². The molecule has 2 aromatic rings. The molecule has 8 heteroatoms. The Bertz CT molecular complexity index is 973. The zero-order valence-corrected chi connectivity index (χ0v) is 18.5. The number of rotatable bonds is 9. The summed E-state index contributed by atoms with van der Waals surface area (Å²) in [6.45, 7) is 6.50. The van der Waals surface area contributed by atoms with Gasteiger partial charge in [0, 0.05) is 20.4 Å². The lowest BCUT2D eigenvalue weighted by Gasteiger charge is -2.18. The smallest absolute Gasteiger partial charge is 0.230 e. The minimum absolute atomic E-state index is 0.0954. The van der Waals surface area contributed by atoms with Gasteiger partial charge in [-0.2, -0.15) is 0 Å². The lowest BCUT2D eigenvalue weighted by Crippen LogP contribution is -2.34. The molecule has 0 saturated carbocycles. The molecule has 0 saturated heterocycles. The van der Waals surface area contributed by atoms with E-state index in [1.54, 1.807) is 37.3 Å². The monoisotopic (exact) mass is 432 g/mol. The van der Waals surface area contributed by atoms with Gasteiger partial charge in [0.05, 0.1) is 11.4 Å². The number of carbonyl (C=O) groups is 2. The summed E-state index contributed by atoms with van der Waals surface area (Å²) in [5, 5.41) is 0. The fraction of sp³-hybridized carbons (Fsp3) is 0.364. The summed E-state index contributed by atoms with van der Waals surface area (Å²) in [6, 6.07) is 14.5. The molecule has 0 aliphatic carbocycles. The average molecular weight is 433 g/mol. The average Bonchev–Trinajstić information content (AvgIpc) is 2.67. The Morgan fingerprint density at radius 2 is 1.67 bits per heavy atom. The Labute approximate surface area is 178 Å². The lowest BCUT2D eigenvalue weighted by molar-refractivity contribution is -0.124. The second-order valence-corrected chi connectivity index (χ2v) is 8.97. The molecule has 2 rings (SSSR count). The predicted octanol–water partition coefficient (Wildman–Crippen LogP) is 3.35. The first-order valence-corrected chi connectivity index (χ1v) is 11.4. The van der Waals surface area contributed by atoms with E-state index in [0.717, 1.165) is 16.0 Å². The zero-order valence-electron chi connectivity index (χ0n) is 17.7. The minimum atomic E-state index is -3.27. The van der Waals surface area contributed by atoms with Gasteiger partial charge in [-0.25, -0.2) is 13.1 Å². The van der Waals surface area contributed by atoms with Crippen molar-refractivity contribution in [3.8, 4) is 16.9 Å². The third kappa shape index (κ3) is 6.67. The van der Waals surface area contributed by atoms with Crippen molar-refractivity contribution in [2.45, 2.75) is 40.2 Å². The highest BCUT2D eigenvalue weighted by atomic mass is 32.2. The van der Waals surface area contributed by atoms with Gasteiger partial charge in [-0.1, -0.05) is 31.2 Å². The van der Waals surface area contributed by atoms with Crippen LogP contribution < -0.4 is 14.4 Å². The zero-order chi connectivity index (χ0) is 22.3. The van der Waals surface area contributed by atoms with E-state index in [-0.39, 0.29) is 30.2 Å². The summed E-state index contributed by atoms with van der Waals surface area (Å²) < 4.78 is 31.8. The highest BCUT2D eigenvalue weighted by molar-refractivity contribution is 7.89. The van der Waals surface area contributed by atoms with Crippen LogP contribution in [-0.2, 0) is 19.6 Å². The maximum Gasteiger partial charge on any atom is 0.230 e. The molecular formula is C22H28N2O5S. The molecule has 0 spiro atoms. The van der Waals surface area contributed by atoms with Crippen molar-refractivity contribution in [3.63, 3.8) is 0 Å². The van der Waals surface area contributed by atoms with Crippen LogP contribution >= 0.6 is 0 Å². The number of imide groups is 1. The Kier molecular flexibility index (Phi) is 8.14. The Morgan fingerprint density at radius 1 is 1.03 bits per heavy atom. The summed E-state index contributed by atoms with van der Waals surface area (Å²) in [7, 11) is -3.27. The Balaban J connectivity index is 2.08. The number of nitrogens with zero attached hydrogens (tertiary/aromatic N) is 1. The molecule has 1 unspecified atom stereocenters. The van der Waals surface area contributed by atoms with Gasteiger partial charge in [0.15, 0.2) is 0 Å². The van der Waals surface area contributed by atoms with Crippen molar-refractivity contribution >= 4 is 27.5 Å². The lowest BCUT2D eigenvalue weighted by atomic mass is 10.0. The first-order chi connectivity index (χ1) is 14.1. The molecule has 0 fully saturated rings. The molecule has 7 nitrogen and oxygen atoms in total. The second kappa shape index (κ2) is 10.4. The Hall–Kier alpha value is -2.71. The van der Waals surface area contributed by atoms with Gasteiger partial charge < -0.3 is 4.74 Å². The predicted molar refractivity (Wildman–Crippen MR) is 118 cm³/mol. The fourth-order valence-corrected chi connectivity index (χ4v) is 4.17. The molecule has 0 bridgehead atoms. The van der Waals surface area contributed by atoms with Gasteiger partial charge >= 0.3 is 0 Å². The number of hydrogen-bond donors (Lipinski definition) is 1. The molecule has 2 aromatic carbocycles. The van der Waals surface area contributed by atoms with Crippen LogP contribution in [0.4, 0.5) is 5.69 Å². The molecule has 0 radical (unpaired) electrons. The first kappa shape index (κ1) is 23.6. The molecule has 2 amide bonds. The number of hydrogen-bond acceptors (Lipinski definition) is 5. The van der Waals surface area contributed by atoms with Crippen molar-refractivity contribution in [3.05, 3.63) is 48.5 Å². The normalized spacial score (nSPS) is 12.3. The van der Waals surface area contributed by atoms with Crippen LogP contribution in [-0.4, -0.2) is 38.6 Å². The molecule has 0 heterocycles. The summed E-state index contributed by atoms with van der Waals surface area (Å²) >= 11 is 0. The number of amides is 2. The van der Waals surface area contributed by atoms with Crippen LogP contribution in [0.25, 0.3) is 11.1 Å². The van der Waals surface area contributed by atoms with E-state index < -0.39 is 10.0 Å². The number of nitrogens with one attached hydrogen (secondary N) is 1. The number of ether oxygens (including phenoxy) is 1. The summed E-state index contributed by atoms with van der Waals surface area (Å²) in [6.07, 6.45) is 0.231. The van der Waals surface area contributed by atoms with E-state index in [2.05, 4.69) is 4.72 Å². The molecule has 30 heavy (non-hydrogen) atoms. The van der Waals surface area contributed by atoms with E-state index in [9.17, 15) is 18.0 Å². The second-order valence-electron chi connectivity index (χ2n) is 7.04. The van der Waals surface area contributed by atoms with Crippen LogP contribution in [0.2, 0.25) is 0 Å². The van der Waals surface area contributed by atoms with E-state index in [4.69, 9.17) is 4.74 Å². The largest absolute Gasteiger partial charge is 0.489 e. The quantitative estimate of drug-likeness (QED) is 0.656. The van der Waals surface area contributed by atoms with Crippen molar-refractivity contribution in [1.82, 2.24) is 4.72 Å². The maximum atomic E-state index is 11.8. The van der Waals surface area contributed by atoms with E-state index >= 15 is 0 Å². The molecule has 162 valence electrons. The van der Waals surface area contributed by atoms with E-state index in [0.29, 0.717) is 17.9 Å². The molecule has 0 aromatic heterocycles. The number of carbonyl (C=O) groups excluding carboxylic acids is 2. The fourth-order valence-electron chi connectivity index (χ4n) is 3.00. The summed E-state index contributed by atoms with van der Waals surface area (Å²) in [5.41, 5.74) is 2.26. The highest BCUT2D eigenvalue weighted by Crippen LogP contribution is 2.27. The number of anilines is 1. The molecule has 0 aliphatic rings. The van der Waals surface area contributed by atoms with Gasteiger partial charge in [0.1, 0.15) is 11.9 Å². The van der Waals surface area contributed by atoms with Gasteiger partial charge in [0.2, 0.25) is 21.8 Å². The van der Waals surface area contributed by atoms with Crippen LogP contribution in [0.5, 0.6) is 5.75 Å². The maximum absolute atomic E-state index is 11.8. The standard InChI is InChI=1S/C22H28N2O5S/c1-5-13-30(27,28)23-15-16(2)29-22-11-9-19(10-12-22)20-7-6-8-21(14-20)24(17(3)25)18(4)26/h6-12,14,16,23H,5,13,15H2,1-4H3. The van der Waals surface area contributed by atoms with Crippen molar-refractivity contribution in [2.75, 3.05) is 17.2 Å². The third-order valence-corrected chi connectivity index (χ3v) is 5.87. The van der Waals surface area contributed by atoms with Crippen LogP contribution in [0, 0.1) is 0 Å². The first-order valence-electron chi connectivity index (χ1n) is 9.78. The summed E-state index contributed by atoms with van der Waals surface area (Å²) in [4.78, 5) is 24.7. The van der Waals surface area contributed by atoms with Gasteiger partial charge in [-0.05, 0) is 48.7 Å². The van der Waals surface area contributed by atoms with Gasteiger partial charge in [0.25, 0.3) is 0 Å². The Morgan fingerprint density at radius 3 is 2.23 bits per heavy atom. The number of benzene rings is 2. The van der Waals surface area contributed by atoms with Crippen LogP contribution in [0.3, 0.4) is 0 Å². The van der Waals surface area contributed by atoms with Crippen molar-refractivity contribution in [1.29, 1.82) is 0 Å². The topological polar surface area (TPSA) is 92.8 Å². The van der Waals surface area contributed by atoms with E-state index in [1.165, 1.54) is 13.8 Å². The summed E-state index contributed by atoms with van der Waals surface area (Å²) in [5.74, 6) is 0.0307. The number of sulfonamides is 1. The molecular weight excluding hydrogens is 404 g/mol. The minimum Gasteiger partial charge on any atom is -0.489 e. The van der Waals surface area contributed by atoms with Crippen molar-refractivity contribution < 1.29 is 22.7 Å². The third-order valence-electron chi connectivity index (χ3n) is 4.32. The van der Waals surface area contributed by atoms with Gasteiger partial charge in [-0.15, -0.1) is 0 Å². The molecule has 1 atom stereocenters. The molecule has 0 aliphatic heterocycles. The van der Waals surface area contributed by atoms with E-state index in [1.807, 2.05) is 25.1 Å². The SMILES string of the molecule is CCCS(=O)(=O)NCC(C)Oc1ccc(-c2cccc(N(C(C)=O)C(C)=O)c2)cc1. The van der Waals surface area contributed by atoms with Crippen molar-refractivity contribution in [2.24, 2.45) is 0 Å². The van der Waals surface area contributed by atoms with Crippen LogP contribution in [0.15, 0.2) is 48.5 Å². The highest BCUT2D eigenvalue weighted by Gasteiger charge is 2.16.